The number of nitrogens with zero attached hydrogens (tertiary/aromatic N) is 2. The number of carbonyl (C=O) groups is 1. The summed E-state index contributed by atoms with van der Waals surface area (Å²) in [5.74, 6) is -0.924. The second-order valence-electron chi connectivity index (χ2n) is 5.83. The molecular weight excluding hydrogens is 337 g/mol. The Bertz CT molecular complexity index is 689. The summed E-state index contributed by atoms with van der Waals surface area (Å²) in [5, 5.41) is 6.83. The number of nitrogens with one attached hydrogen (secondary N) is 1. The Balaban J connectivity index is 2.25. The normalized spacial score (nSPS) is 11.5. The van der Waals surface area contributed by atoms with E-state index in [1.54, 1.807) is 16.8 Å². The molecule has 2 aromatic rings. The van der Waals surface area contributed by atoms with Crippen molar-refractivity contribution in [3.63, 3.8) is 0 Å². The molecule has 0 spiro atoms. The van der Waals surface area contributed by atoms with Gasteiger partial charge in [-0.3, -0.25) is 9.48 Å². The Labute approximate surface area is 131 Å². The van der Waals surface area contributed by atoms with E-state index in [9.17, 15) is 9.18 Å². The van der Waals surface area contributed by atoms with Crippen LogP contribution in [0.5, 0.6) is 0 Å². The Morgan fingerprint density at radius 1 is 1.33 bits per heavy atom. The summed E-state index contributed by atoms with van der Waals surface area (Å²) >= 11 is 3.17. The van der Waals surface area contributed by atoms with Crippen LogP contribution in [0, 0.1) is 12.7 Å². The Hall–Kier alpha value is -1.69. The van der Waals surface area contributed by atoms with Gasteiger partial charge in [-0.05, 0) is 52.0 Å². The van der Waals surface area contributed by atoms with Crippen LogP contribution >= 0.6 is 15.9 Å². The highest BCUT2D eigenvalue weighted by molar-refractivity contribution is 9.10. The predicted octanol–water partition coefficient (Wildman–Crippen LogP) is 4.10. The van der Waals surface area contributed by atoms with Crippen LogP contribution in [-0.4, -0.2) is 15.7 Å². The zero-order chi connectivity index (χ0) is 15.8. The molecule has 1 heterocycles. The van der Waals surface area contributed by atoms with Crippen LogP contribution in [0.1, 0.15) is 37.0 Å². The van der Waals surface area contributed by atoms with E-state index in [-0.39, 0.29) is 16.9 Å². The van der Waals surface area contributed by atoms with Crippen molar-refractivity contribution in [3.05, 3.63) is 45.9 Å². The Morgan fingerprint density at radius 3 is 2.52 bits per heavy atom. The maximum absolute atomic E-state index is 13.7. The maximum atomic E-state index is 13.7. The van der Waals surface area contributed by atoms with Crippen molar-refractivity contribution in [1.82, 2.24) is 9.78 Å². The number of amides is 1. The molecule has 1 N–H and O–H groups in total. The second kappa shape index (κ2) is 5.60. The SMILES string of the molecule is Cc1cc(C(=O)Nc2ccc(Br)cc2F)nn1C(C)(C)C. The highest BCUT2D eigenvalue weighted by Gasteiger charge is 2.20. The third-order valence-electron chi connectivity index (χ3n) is 2.93. The van der Waals surface area contributed by atoms with Gasteiger partial charge in [-0.2, -0.15) is 5.10 Å². The average molecular weight is 354 g/mol. The van der Waals surface area contributed by atoms with Crippen molar-refractivity contribution in [1.29, 1.82) is 0 Å². The van der Waals surface area contributed by atoms with Gasteiger partial charge in [-0.25, -0.2) is 4.39 Å². The first kappa shape index (κ1) is 15.7. The van der Waals surface area contributed by atoms with Gasteiger partial charge in [0.1, 0.15) is 5.82 Å². The van der Waals surface area contributed by atoms with Gasteiger partial charge >= 0.3 is 0 Å². The maximum Gasteiger partial charge on any atom is 0.276 e. The molecule has 0 unspecified atom stereocenters. The molecule has 0 aliphatic carbocycles. The number of halogens is 2. The summed E-state index contributed by atoms with van der Waals surface area (Å²) in [6.07, 6.45) is 0. The largest absolute Gasteiger partial charge is 0.318 e. The summed E-state index contributed by atoms with van der Waals surface area (Å²) in [7, 11) is 0. The molecule has 0 atom stereocenters. The molecule has 0 aliphatic heterocycles. The van der Waals surface area contributed by atoms with Gasteiger partial charge in [0.2, 0.25) is 0 Å². The highest BCUT2D eigenvalue weighted by atomic mass is 79.9. The fourth-order valence-electron chi connectivity index (χ4n) is 2.04. The van der Waals surface area contributed by atoms with E-state index in [0.717, 1.165) is 5.69 Å². The number of benzene rings is 1. The van der Waals surface area contributed by atoms with E-state index >= 15 is 0 Å². The summed E-state index contributed by atoms with van der Waals surface area (Å²) < 4.78 is 16.1. The summed E-state index contributed by atoms with van der Waals surface area (Å²) in [6.45, 7) is 7.89. The molecule has 0 fully saturated rings. The number of carbonyl (C=O) groups excluding carboxylic acids is 1. The smallest absolute Gasteiger partial charge is 0.276 e. The molecule has 1 aromatic carbocycles. The van der Waals surface area contributed by atoms with Crippen molar-refractivity contribution in [2.24, 2.45) is 0 Å². The van der Waals surface area contributed by atoms with Crippen LogP contribution in [-0.2, 0) is 5.54 Å². The minimum atomic E-state index is -0.496. The standard InChI is InChI=1S/C15H17BrFN3O/c1-9-7-13(19-20(9)15(2,3)4)14(21)18-12-6-5-10(16)8-11(12)17/h5-8H,1-4H3,(H,18,21). The van der Waals surface area contributed by atoms with E-state index in [4.69, 9.17) is 0 Å². The number of aromatic nitrogens is 2. The zero-order valence-corrected chi connectivity index (χ0v) is 14.0. The van der Waals surface area contributed by atoms with Crippen LogP contribution < -0.4 is 5.32 Å². The molecule has 6 heteroatoms. The quantitative estimate of drug-likeness (QED) is 0.883. The lowest BCUT2D eigenvalue weighted by atomic mass is 10.1. The number of anilines is 1. The van der Waals surface area contributed by atoms with Crippen molar-refractivity contribution in [2.75, 3.05) is 5.32 Å². The van der Waals surface area contributed by atoms with Gasteiger partial charge < -0.3 is 5.32 Å². The van der Waals surface area contributed by atoms with E-state index in [1.807, 2.05) is 27.7 Å². The van der Waals surface area contributed by atoms with Gasteiger partial charge in [-0.15, -0.1) is 0 Å². The first-order valence-corrected chi connectivity index (χ1v) is 7.31. The molecule has 0 bridgehead atoms. The third kappa shape index (κ3) is 3.50. The van der Waals surface area contributed by atoms with Crippen LogP contribution in [0.15, 0.2) is 28.7 Å². The fraction of sp³-hybridized carbons (Fsp3) is 0.333. The third-order valence-corrected chi connectivity index (χ3v) is 3.43. The lowest BCUT2D eigenvalue weighted by Crippen LogP contribution is -2.25. The van der Waals surface area contributed by atoms with Crippen molar-refractivity contribution in [3.8, 4) is 0 Å². The predicted molar refractivity (Wildman–Crippen MR) is 84.0 cm³/mol. The second-order valence-corrected chi connectivity index (χ2v) is 6.75. The van der Waals surface area contributed by atoms with Crippen molar-refractivity contribution >= 4 is 27.5 Å². The highest BCUT2D eigenvalue weighted by Crippen LogP contribution is 2.21. The molecule has 0 saturated carbocycles. The molecule has 4 nitrogen and oxygen atoms in total. The first-order chi connectivity index (χ1) is 9.68. The zero-order valence-electron chi connectivity index (χ0n) is 12.4. The molecule has 0 saturated heterocycles. The minimum Gasteiger partial charge on any atom is -0.318 e. The van der Waals surface area contributed by atoms with Crippen molar-refractivity contribution in [2.45, 2.75) is 33.2 Å². The van der Waals surface area contributed by atoms with Crippen LogP contribution in [0.25, 0.3) is 0 Å². The first-order valence-electron chi connectivity index (χ1n) is 6.52. The van der Waals surface area contributed by atoms with Gasteiger partial charge in [0.15, 0.2) is 5.69 Å². The molecule has 0 radical (unpaired) electrons. The van der Waals surface area contributed by atoms with E-state index in [1.165, 1.54) is 12.1 Å². The lowest BCUT2D eigenvalue weighted by molar-refractivity contribution is 0.102. The number of rotatable bonds is 2. The van der Waals surface area contributed by atoms with Crippen molar-refractivity contribution < 1.29 is 9.18 Å². The monoisotopic (exact) mass is 353 g/mol. The molecular formula is C15H17BrFN3O. The van der Waals surface area contributed by atoms with E-state index in [2.05, 4.69) is 26.3 Å². The van der Waals surface area contributed by atoms with Gasteiger partial charge in [0.25, 0.3) is 5.91 Å². The van der Waals surface area contributed by atoms with Crippen LogP contribution in [0.3, 0.4) is 0 Å². The Morgan fingerprint density at radius 2 is 2.00 bits per heavy atom. The molecule has 2 rings (SSSR count). The lowest BCUT2D eigenvalue weighted by Gasteiger charge is -2.21. The minimum absolute atomic E-state index is 0.131. The summed E-state index contributed by atoms with van der Waals surface area (Å²) in [5.41, 5.74) is 1.06. The van der Waals surface area contributed by atoms with Crippen LogP contribution in [0.4, 0.5) is 10.1 Å². The van der Waals surface area contributed by atoms with Gasteiger partial charge in [0.05, 0.1) is 11.2 Å². The van der Waals surface area contributed by atoms with Gasteiger partial charge in [-0.1, -0.05) is 15.9 Å². The van der Waals surface area contributed by atoms with Crippen LogP contribution in [0.2, 0.25) is 0 Å². The van der Waals surface area contributed by atoms with Gasteiger partial charge in [0, 0.05) is 10.2 Å². The summed E-state index contributed by atoms with van der Waals surface area (Å²) in [4.78, 5) is 12.2. The molecule has 21 heavy (non-hydrogen) atoms. The molecule has 1 aromatic heterocycles. The topological polar surface area (TPSA) is 46.9 Å². The summed E-state index contributed by atoms with van der Waals surface area (Å²) in [6, 6.07) is 6.16. The number of hydrogen-bond donors (Lipinski definition) is 1. The average Bonchev–Trinajstić information content (AvgIpc) is 2.75. The molecule has 112 valence electrons. The number of hydrogen-bond acceptors (Lipinski definition) is 2. The Kier molecular flexibility index (Phi) is 4.18. The number of aryl methyl sites for hydroxylation is 1. The molecule has 1 amide bonds. The van der Waals surface area contributed by atoms with E-state index in [0.29, 0.717) is 4.47 Å². The molecule has 0 aliphatic rings. The van der Waals surface area contributed by atoms with E-state index < -0.39 is 11.7 Å². The fourth-order valence-corrected chi connectivity index (χ4v) is 2.37.